The lowest BCUT2D eigenvalue weighted by molar-refractivity contribution is -0.138. The molecule has 5 heteroatoms. The largest absolute Gasteiger partial charge is 0.481 e. The number of carbonyl (C=O) groups excluding carboxylic acids is 1. The summed E-state index contributed by atoms with van der Waals surface area (Å²) in [5.74, 6) is -0.184. The highest BCUT2D eigenvalue weighted by atomic mass is 16.5. The van der Waals surface area contributed by atoms with E-state index in [-0.39, 0.29) is 12.3 Å². The van der Waals surface area contributed by atoms with Gasteiger partial charge in [0.25, 0.3) is 0 Å². The predicted octanol–water partition coefficient (Wildman–Crippen LogP) is 2.51. The molecule has 0 aromatic heterocycles. The zero-order valence-electron chi connectivity index (χ0n) is 11.7. The summed E-state index contributed by atoms with van der Waals surface area (Å²) < 4.78 is 4.97. The van der Waals surface area contributed by atoms with E-state index in [1.54, 1.807) is 0 Å². The summed E-state index contributed by atoms with van der Waals surface area (Å²) in [5.41, 5.74) is 0. The van der Waals surface area contributed by atoms with Crippen LogP contribution in [0.1, 0.15) is 40.5 Å². The van der Waals surface area contributed by atoms with Gasteiger partial charge in [-0.1, -0.05) is 27.7 Å². The van der Waals surface area contributed by atoms with Crippen LogP contribution in [0.4, 0.5) is 4.79 Å². The van der Waals surface area contributed by atoms with E-state index < -0.39 is 12.1 Å². The smallest absolute Gasteiger partial charge is 0.407 e. The van der Waals surface area contributed by atoms with Gasteiger partial charge in [-0.2, -0.15) is 0 Å². The number of carboxylic acid groups (broad SMARTS) is 1. The van der Waals surface area contributed by atoms with Crippen LogP contribution >= 0.6 is 0 Å². The molecule has 0 spiro atoms. The van der Waals surface area contributed by atoms with Crippen LogP contribution in [-0.4, -0.2) is 30.3 Å². The molecule has 0 fully saturated rings. The van der Waals surface area contributed by atoms with E-state index in [9.17, 15) is 9.59 Å². The van der Waals surface area contributed by atoms with Crippen LogP contribution in [-0.2, 0) is 9.53 Å². The lowest BCUT2D eigenvalue weighted by atomic mass is 9.94. The Labute approximate surface area is 109 Å². The zero-order valence-corrected chi connectivity index (χ0v) is 11.7. The minimum atomic E-state index is -0.835. The van der Waals surface area contributed by atoms with Crippen LogP contribution in [0.15, 0.2) is 0 Å². The molecule has 0 rings (SSSR count). The van der Waals surface area contributed by atoms with Gasteiger partial charge in [-0.05, 0) is 24.2 Å². The first-order valence-corrected chi connectivity index (χ1v) is 6.43. The van der Waals surface area contributed by atoms with Crippen LogP contribution in [0.5, 0.6) is 0 Å². The van der Waals surface area contributed by atoms with Crippen molar-refractivity contribution in [2.24, 2.45) is 17.8 Å². The van der Waals surface area contributed by atoms with Gasteiger partial charge in [0, 0.05) is 13.0 Å². The summed E-state index contributed by atoms with van der Waals surface area (Å²) in [4.78, 5) is 22.0. The van der Waals surface area contributed by atoms with E-state index >= 15 is 0 Å². The molecule has 0 bridgehead atoms. The lowest BCUT2D eigenvalue weighted by Gasteiger charge is -2.17. The molecule has 18 heavy (non-hydrogen) atoms. The van der Waals surface area contributed by atoms with Gasteiger partial charge >= 0.3 is 12.1 Å². The van der Waals surface area contributed by atoms with Crippen molar-refractivity contribution in [3.8, 4) is 0 Å². The average Bonchev–Trinajstić information content (AvgIpc) is 2.21. The number of rotatable bonds is 8. The predicted molar refractivity (Wildman–Crippen MR) is 69.4 cm³/mol. The van der Waals surface area contributed by atoms with Crippen molar-refractivity contribution in [2.45, 2.75) is 40.5 Å². The number of alkyl carbamates (subject to hydrolysis) is 1. The molecular formula is C13H25NO4. The monoisotopic (exact) mass is 259 g/mol. The maximum atomic E-state index is 11.3. The number of carboxylic acids is 1. The zero-order chi connectivity index (χ0) is 14.1. The van der Waals surface area contributed by atoms with Gasteiger partial charge in [0.05, 0.1) is 6.61 Å². The van der Waals surface area contributed by atoms with Crippen molar-refractivity contribution in [2.75, 3.05) is 13.2 Å². The van der Waals surface area contributed by atoms with E-state index in [4.69, 9.17) is 9.84 Å². The van der Waals surface area contributed by atoms with Gasteiger partial charge in [-0.25, -0.2) is 4.79 Å². The van der Waals surface area contributed by atoms with Crippen molar-refractivity contribution in [3.63, 3.8) is 0 Å². The molecule has 1 amide bonds. The quantitative estimate of drug-likeness (QED) is 0.702. The molecule has 0 heterocycles. The minimum absolute atomic E-state index is 0.0471. The average molecular weight is 259 g/mol. The van der Waals surface area contributed by atoms with Gasteiger partial charge in [0.2, 0.25) is 0 Å². The number of nitrogens with one attached hydrogen (secondary N) is 1. The first kappa shape index (κ1) is 16.7. The molecule has 0 saturated carbocycles. The number of amides is 1. The topological polar surface area (TPSA) is 75.6 Å². The number of ether oxygens (including phenoxy) is 1. The maximum Gasteiger partial charge on any atom is 0.407 e. The summed E-state index contributed by atoms with van der Waals surface area (Å²) in [7, 11) is 0. The normalized spacial score (nSPS) is 12.6. The number of aliphatic carboxylic acids is 1. The fourth-order valence-electron chi connectivity index (χ4n) is 1.67. The Bertz CT molecular complexity index is 264. The highest BCUT2D eigenvalue weighted by molar-refractivity contribution is 5.68. The van der Waals surface area contributed by atoms with Gasteiger partial charge in [-0.3, -0.25) is 4.79 Å². The third-order valence-corrected chi connectivity index (χ3v) is 2.35. The van der Waals surface area contributed by atoms with Crippen molar-refractivity contribution >= 4 is 12.1 Å². The number of hydrogen-bond donors (Lipinski definition) is 2. The highest BCUT2D eigenvalue weighted by Crippen LogP contribution is 2.14. The molecule has 0 unspecified atom stereocenters. The summed E-state index contributed by atoms with van der Waals surface area (Å²) in [6.07, 6.45) is 0.377. The Kier molecular flexibility index (Phi) is 8.16. The fourth-order valence-corrected chi connectivity index (χ4v) is 1.67. The minimum Gasteiger partial charge on any atom is -0.481 e. The van der Waals surface area contributed by atoms with Crippen LogP contribution in [0.25, 0.3) is 0 Å². The number of hydrogen-bond acceptors (Lipinski definition) is 3. The molecule has 2 N–H and O–H groups in total. The van der Waals surface area contributed by atoms with Crippen molar-refractivity contribution in [3.05, 3.63) is 0 Å². The Morgan fingerprint density at radius 1 is 1.17 bits per heavy atom. The van der Waals surface area contributed by atoms with E-state index in [0.717, 1.165) is 6.42 Å². The molecule has 1 atom stereocenters. The second-order valence-corrected chi connectivity index (χ2v) is 5.47. The molecule has 0 aromatic rings. The first-order chi connectivity index (χ1) is 8.31. The Hall–Kier alpha value is -1.26. The fraction of sp³-hybridized carbons (Fsp3) is 0.846. The van der Waals surface area contributed by atoms with Crippen LogP contribution < -0.4 is 5.32 Å². The van der Waals surface area contributed by atoms with E-state index in [1.807, 2.05) is 27.7 Å². The molecule has 0 aliphatic carbocycles. The van der Waals surface area contributed by atoms with Crippen LogP contribution in [0, 0.1) is 17.8 Å². The summed E-state index contributed by atoms with van der Waals surface area (Å²) in [6, 6.07) is 0. The van der Waals surface area contributed by atoms with Gasteiger partial charge in [0.1, 0.15) is 0 Å². The van der Waals surface area contributed by atoms with Crippen molar-refractivity contribution < 1.29 is 19.4 Å². The Morgan fingerprint density at radius 2 is 1.78 bits per heavy atom. The molecule has 106 valence electrons. The van der Waals surface area contributed by atoms with Gasteiger partial charge in [-0.15, -0.1) is 0 Å². The third kappa shape index (κ3) is 9.93. The summed E-state index contributed by atoms with van der Waals surface area (Å²) in [5, 5.41) is 11.4. The standard InChI is InChI=1S/C13H25NO4/c1-9(2)5-11(6-12(15)16)7-14-13(17)18-8-10(3)4/h9-11H,5-8H2,1-4H3,(H,14,17)(H,15,16)/t11-/m0/s1. The van der Waals surface area contributed by atoms with Gasteiger partial charge < -0.3 is 15.2 Å². The van der Waals surface area contributed by atoms with Crippen molar-refractivity contribution in [1.82, 2.24) is 5.32 Å². The number of carbonyl (C=O) groups is 2. The summed E-state index contributed by atoms with van der Waals surface area (Å²) >= 11 is 0. The first-order valence-electron chi connectivity index (χ1n) is 6.43. The summed E-state index contributed by atoms with van der Waals surface area (Å²) in [6.45, 7) is 8.71. The second-order valence-electron chi connectivity index (χ2n) is 5.47. The maximum absolute atomic E-state index is 11.3. The van der Waals surface area contributed by atoms with Crippen LogP contribution in [0.3, 0.4) is 0 Å². The van der Waals surface area contributed by atoms with E-state index in [1.165, 1.54) is 0 Å². The molecule has 0 aliphatic rings. The Morgan fingerprint density at radius 3 is 2.22 bits per heavy atom. The molecule has 0 radical (unpaired) electrons. The third-order valence-electron chi connectivity index (χ3n) is 2.35. The Balaban J connectivity index is 4.00. The molecule has 0 aromatic carbocycles. The van der Waals surface area contributed by atoms with Crippen LogP contribution in [0.2, 0.25) is 0 Å². The molecule has 0 aliphatic heterocycles. The van der Waals surface area contributed by atoms with E-state index in [0.29, 0.717) is 25.0 Å². The molecular weight excluding hydrogens is 234 g/mol. The SMILES string of the molecule is CC(C)COC(=O)NC[C@H](CC(=O)O)CC(C)C. The van der Waals surface area contributed by atoms with E-state index in [2.05, 4.69) is 5.32 Å². The lowest BCUT2D eigenvalue weighted by Crippen LogP contribution is -2.32. The highest BCUT2D eigenvalue weighted by Gasteiger charge is 2.16. The van der Waals surface area contributed by atoms with Gasteiger partial charge in [0.15, 0.2) is 0 Å². The second kappa shape index (κ2) is 8.78. The molecule has 0 saturated heterocycles. The van der Waals surface area contributed by atoms with Crippen molar-refractivity contribution in [1.29, 1.82) is 0 Å². The molecule has 5 nitrogen and oxygen atoms in total.